The fourth-order valence-electron chi connectivity index (χ4n) is 2.13. The standard InChI is InChI=1S/C19H18ClN3O3S/c1-23(14-4-13-21)19(24)12-9-15-7-10-16(11-8-15)27(25,26)22-18-6-3-2-5-17(18)20/h2-3,5-12,22H,4,14H2,1H3/b12-9+. The molecule has 0 aliphatic rings. The summed E-state index contributed by atoms with van der Waals surface area (Å²) < 4.78 is 27.3. The Morgan fingerprint density at radius 3 is 2.52 bits per heavy atom. The second-order valence-corrected chi connectivity index (χ2v) is 7.75. The summed E-state index contributed by atoms with van der Waals surface area (Å²) in [6.07, 6.45) is 3.23. The van der Waals surface area contributed by atoms with Gasteiger partial charge in [0, 0.05) is 19.7 Å². The number of benzene rings is 2. The van der Waals surface area contributed by atoms with Crippen LogP contribution in [-0.2, 0) is 14.8 Å². The van der Waals surface area contributed by atoms with E-state index in [1.165, 1.54) is 23.1 Å². The van der Waals surface area contributed by atoms with Gasteiger partial charge in [0.25, 0.3) is 10.0 Å². The molecule has 0 saturated carbocycles. The van der Waals surface area contributed by atoms with E-state index in [9.17, 15) is 13.2 Å². The topological polar surface area (TPSA) is 90.3 Å². The van der Waals surface area contributed by atoms with Gasteiger partial charge in [0.15, 0.2) is 0 Å². The molecule has 27 heavy (non-hydrogen) atoms. The molecular formula is C19H18ClN3O3S. The third-order valence-corrected chi connectivity index (χ3v) is 5.37. The van der Waals surface area contributed by atoms with E-state index in [4.69, 9.17) is 16.9 Å². The Balaban J connectivity index is 2.08. The van der Waals surface area contributed by atoms with Gasteiger partial charge in [-0.05, 0) is 35.9 Å². The molecule has 0 radical (unpaired) electrons. The number of nitrogens with one attached hydrogen (secondary N) is 1. The summed E-state index contributed by atoms with van der Waals surface area (Å²) in [6.45, 7) is 0.352. The first-order valence-corrected chi connectivity index (χ1v) is 9.87. The van der Waals surface area contributed by atoms with Gasteiger partial charge in [-0.2, -0.15) is 5.26 Å². The zero-order valence-electron chi connectivity index (χ0n) is 14.6. The summed E-state index contributed by atoms with van der Waals surface area (Å²) in [5.74, 6) is -0.234. The number of hydrogen-bond acceptors (Lipinski definition) is 4. The molecular weight excluding hydrogens is 386 g/mol. The number of amides is 1. The molecule has 0 aromatic heterocycles. The molecule has 0 fully saturated rings. The van der Waals surface area contributed by atoms with Crippen molar-refractivity contribution in [2.45, 2.75) is 11.3 Å². The monoisotopic (exact) mass is 403 g/mol. The summed E-state index contributed by atoms with van der Waals surface area (Å²) >= 11 is 5.98. The summed E-state index contributed by atoms with van der Waals surface area (Å²) in [6, 6.07) is 14.6. The second-order valence-electron chi connectivity index (χ2n) is 5.66. The average molecular weight is 404 g/mol. The van der Waals surface area contributed by atoms with Crippen molar-refractivity contribution in [2.75, 3.05) is 18.3 Å². The first-order valence-electron chi connectivity index (χ1n) is 8.01. The van der Waals surface area contributed by atoms with Crippen LogP contribution in [0.3, 0.4) is 0 Å². The van der Waals surface area contributed by atoms with E-state index in [1.807, 2.05) is 6.07 Å². The van der Waals surface area contributed by atoms with Gasteiger partial charge >= 0.3 is 0 Å². The largest absolute Gasteiger partial charge is 0.341 e. The molecule has 2 rings (SSSR count). The number of sulfonamides is 1. The Hall–Kier alpha value is -2.82. The molecule has 0 saturated heterocycles. The molecule has 0 heterocycles. The SMILES string of the molecule is CN(CCC#N)C(=O)/C=C/c1ccc(S(=O)(=O)Nc2ccccc2Cl)cc1. The van der Waals surface area contributed by atoms with E-state index < -0.39 is 10.0 Å². The van der Waals surface area contributed by atoms with Crippen LogP contribution in [0.4, 0.5) is 5.69 Å². The number of hydrogen-bond donors (Lipinski definition) is 1. The molecule has 0 spiro atoms. The van der Waals surface area contributed by atoms with E-state index in [2.05, 4.69) is 4.72 Å². The van der Waals surface area contributed by atoms with Crippen LogP contribution in [0.2, 0.25) is 5.02 Å². The number of carbonyl (C=O) groups excluding carboxylic acids is 1. The molecule has 140 valence electrons. The second kappa shape index (κ2) is 9.21. The molecule has 1 N–H and O–H groups in total. The zero-order valence-corrected chi connectivity index (χ0v) is 16.2. The van der Waals surface area contributed by atoms with Crippen LogP contribution >= 0.6 is 11.6 Å². The Labute approximate surface area is 163 Å². The fraction of sp³-hybridized carbons (Fsp3) is 0.158. The smallest absolute Gasteiger partial charge is 0.261 e. The third kappa shape index (κ3) is 5.84. The van der Waals surface area contributed by atoms with Crippen LogP contribution in [0.1, 0.15) is 12.0 Å². The number of anilines is 1. The number of likely N-dealkylation sites (N-methyl/N-ethyl adjacent to an activating group) is 1. The molecule has 2 aromatic rings. The Morgan fingerprint density at radius 1 is 1.22 bits per heavy atom. The van der Waals surface area contributed by atoms with Gasteiger partial charge in [-0.25, -0.2) is 8.42 Å². The van der Waals surface area contributed by atoms with Crippen LogP contribution in [0.25, 0.3) is 6.08 Å². The fourth-order valence-corrected chi connectivity index (χ4v) is 3.45. The summed E-state index contributed by atoms with van der Waals surface area (Å²) in [4.78, 5) is 13.4. The lowest BCUT2D eigenvalue weighted by atomic mass is 10.2. The van der Waals surface area contributed by atoms with Gasteiger partial charge < -0.3 is 4.90 Å². The van der Waals surface area contributed by atoms with E-state index in [1.54, 1.807) is 49.5 Å². The van der Waals surface area contributed by atoms with Gasteiger partial charge in [-0.3, -0.25) is 9.52 Å². The first kappa shape index (κ1) is 20.5. The Morgan fingerprint density at radius 2 is 1.89 bits per heavy atom. The Kier molecular flexibility index (Phi) is 6.99. The van der Waals surface area contributed by atoms with Crippen molar-refractivity contribution in [2.24, 2.45) is 0 Å². The maximum Gasteiger partial charge on any atom is 0.261 e. The van der Waals surface area contributed by atoms with Crippen LogP contribution in [0.5, 0.6) is 0 Å². The molecule has 0 bridgehead atoms. The highest BCUT2D eigenvalue weighted by molar-refractivity contribution is 7.92. The lowest BCUT2D eigenvalue weighted by Crippen LogP contribution is -2.25. The molecule has 0 atom stereocenters. The normalized spacial score (nSPS) is 11.1. The van der Waals surface area contributed by atoms with E-state index in [-0.39, 0.29) is 17.2 Å². The zero-order chi connectivity index (χ0) is 19.9. The number of carbonyl (C=O) groups is 1. The van der Waals surface area contributed by atoms with Crippen LogP contribution in [0, 0.1) is 11.3 Å². The van der Waals surface area contributed by atoms with E-state index >= 15 is 0 Å². The predicted molar refractivity (Wildman–Crippen MR) is 106 cm³/mol. The molecule has 0 aliphatic carbocycles. The predicted octanol–water partition coefficient (Wildman–Crippen LogP) is 3.53. The highest BCUT2D eigenvalue weighted by Crippen LogP contribution is 2.24. The van der Waals surface area contributed by atoms with Crippen LogP contribution in [-0.4, -0.2) is 32.8 Å². The van der Waals surface area contributed by atoms with E-state index in [0.717, 1.165) is 0 Å². The van der Waals surface area contributed by atoms with Crippen molar-refractivity contribution >= 4 is 39.3 Å². The summed E-state index contributed by atoms with van der Waals surface area (Å²) in [5.41, 5.74) is 0.975. The number of para-hydroxylation sites is 1. The van der Waals surface area contributed by atoms with Gasteiger partial charge in [-0.1, -0.05) is 35.9 Å². The van der Waals surface area contributed by atoms with E-state index in [0.29, 0.717) is 22.8 Å². The minimum Gasteiger partial charge on any atom is -0.341 e. The maximum absolute atomic E-state index is 12.4. The van der Waals surface area contributed by atoms with Crippen molar-refractivity contribution in [3.05, 3.63) is 65.2 Å². The van der Waals surface area contributed by atoms with Gasteiger partial charge in [-0.15, -0.1) is 0 Å². The average Bonchev–Trinajstić information content (AvgIpc) is 2.66. The highest BCUT2D eigenvalue weighted by Gasteiger charge is 2.15. The number of halogens is 1. The number of nitrogens with zero attached hydrogens (tertiary/aromatic N) is 2. The van der Waals surface area contributed by atoms with Crippen molar-refractivity contribution in [1.29, 1.82) is 5.26 Å². The van der Waals surface area contributed by atoms with Crippen molar-refractivity contribution in [1.82, 2.24) is 4.90 Å². The highest BCUT2D eigenvalue weighted by atomic mass is 35.5. The minimum absolute atomic E-state index is 0.0806. The van der Waals surface area contributed by atoms with Crippen LogP contribution in [0.15, 0.2) is 59.5 Å². The van der Waals surface area contributed by atoms with Gasteiger partial charge in [0.05, 0.1) is 28.1 Å². The lowest BCUT2D eigenvalue weighted by molar-refractivity contribution is -0.124. The van der Waals surface area contributed by atoms with Crippen molar-refractivity contribution in [3.63, 3.8) is 0 Å². The Bertz CT molecular complexity index is 980. The number of rotatable bonds is 7. The van der Waals surface area contributed by atoms with Gasteiger partial charge in [0.1, 0.15) is 0 Å². The summed E-state index contributed by atoms with van der Waals surface area (Å²) in [7, 11) is -2.16. The lowest BCUT2D eigenvalue weighted by Gasteiger charge is -2.12. The van der Waals surface area contributed by atoms with Gasteiger partial charge in [0.2, 0.25) is 5.91 Å². The minimum atomic E-state index is -3.77. The third-order valence-electron chi connectivity index (χ3n) is 3.66. The molecule has 8 heteroatoms. The van der Waals surface area contributed by atoms with Crippen molar-refractivity contribution < 1.29 is 13.2 Å². The molecule has 0 unspecified atom stereocenters. The molecule has 2 aromatic carbocycles. The summed E-state index contributed by atoms with van der Waals surface area (Å²) in [5, 5.41) is 8.84. The van der Waals surface area contributed by atoms with Crippen LogP contribution < -0.4 is 4.72 Å². The molecule has 0 aliphatic heterocycles. The number of nitriles is 1. The molecule has 1 amide bonds. The van der Waals surface area contributed by atoms with Crippen molar-refractivity contribution in [3.8, 4) is 6.07 Å². The maximum atomic E-state index is 12.4. The quantitative estimate of drug-likeness (QED) is 0.716. The first-order chi connectivity index (χ1) is 12.8. The molecule has 6 nitrogen and oxygen atoms in total.